The maximum atomic E-state index is 6.10. The summed E-state index contributed by atoms with van der Waals surface area (Å²) >= 11 is 0. The highest BCUT2D eigenvalue weighted by atomic mass is 16.5. The molecule has 2 nitrogen and oxygen atoms in total. The quantitative estimate of drug-likeness (QED) is 0.685. The van der Waals surface area contributed by atoms with Crippen molar-refractivity contribution in [1.29, 1.82) is 0 Å². The summed E-state index contributed by atoms with van der Waals surface area (Å²) in [7, 11) is 1.95. The zero-order chi connectivity index (χ0) is 14.4. The molecule has 0 aliphatic heterocycles. The number of hydrogen-bond donors (Lipinski definition) is 0. The molecular formula is C18H34O2. The number of rotatable bonds is 6. The summed E-state index contributed by atoms with van der Waals surface area (Å²) in [5, 5.41) is 0. The molecule has 0 spiro atoms. The fourth-order valence-corrected chi connectivity index (χ4v) is 4.63. The normalized spacial score (nSPS) is 38.9. The van der Waals surface area contributed by atoms with E-state index in [1.807, 2.05) is 7.11 Å². The Bertz CT molecular complexity index is 261. The van der Waals surface area contributed by atoms with Crippen molar-refractivity contribution in [3.8, 4) is 0 Å². The van der Waals surface area contributed by atoms with E-state index in [4.69, 9.17) is 9.47 Å². The second kappa shape index (κ2) is 7.79. The topological polar surface area (TPSA) is 18.5 Å². The lowest BCUT2D eigenvalue weighted by Crippen LogP contribution is -2.45. The van der Waals surface area contributed by atoms with Gasteiger partial charge in [0.15, 0.2) is 0 Å². The van der Waals surface area contributed by atoms with E-state index in [9.17, 15) is 0 Å². The number of ether oxygens (including phenoxy) is 2. The highest BCUT2D eigenvalue weighted by Crippen LogP contribution is 2.46. The molecule has 2 fully saturated rings. The molecule has 2 saturated carbocycles. The zero-order valence-electron chi connectivity index (χ0n) is 13.8. The number of methoxy groups -OCH3 is 1. The molecule has 0 unspecified atom stereocenters. The number of hydrogen-bond acceptors (Lipinski definition) is 2. The molecule has 0 amide bonds. The molecule has 20 heavy (non-hydrogen) atoms. The van der Waals surface area contributed by atoms with Gasteiger partial charge in [-0.05, 0) is 70.1 Å². The van der Waals surface area contributed by atoms with Crippen LogP contribution in [0.1, 0.15) is 78.1 Å². The lowest BCUT2D eigenvalue weighted by Gasteiger charge is -2.47. The van der Waals surface area contributed by atoms with Crippen molar-refractivity contribution < 1.29 is 9.47 Å². The van der Waals surface area contributed by atoms with Crippen LogP contribution < -0.4 is 0 Å². The van der Waals surface area contributed by atoms with Crippen LogP contribution >= 0.6 is 0 Å². The van der Waals surface area contributed by atoms with E-state index in [2.05, 4.69) is 13.8 Å². The van der Waals surface area contributed by atoms with Crippen molar-refractivity contribution in [1.82, 2.24) is 0 Å². The molecular weight excluding hydrogens is 248 g/mol. The lowest BCUT2D eigenvalue weighted by molar-refractivity contribution is -0.112. The van der Waals surface area contributed by atoms with Crippen molar-refractivity contribution in [2.45, 2.75) is 89.8 Å². The Kier molecular flexibility index (Phi) is 6.35. The van der Waals surface area contributed by atoms with Crippen LogP contribution in [0.4, 0.5) is 0 Å². The molecule has 118 valence electrons. The molecule has 0 heterocycles. The first-order valence-electron chi connectivity index (χ1n) is 8.90. The van der Waals surface area contributed by atoms with Crippen molar-refractivity contribution in [3.05, 3.63) is 0 Å². The van der Waals surface area contributed by atoms with Crippen LogP contribution in [0.2, 0.25) is 0 Å². The third kappa shape index (κ3) is 3.76. The van der Waals surface area contributed by atoms with Crippen LogP contribution in [0, 0.1) is 11.8 Å². The van der Waals surface area contributed by atoms with Crippen molar-refractivity contribution >= 4 is 0 Å². The standard InChI is InChI=1S/C18H34O2/c1-4-6-15-11-13-18(19-3,14-12-15)16-7-9-17(10-8-16)20-5-2/h15-17H,4-14H2,1-3H3. The Morgan fingerprint density at radius 3 is 2.10 bits per heavy atom. The Balaban J connectivity index is 1.86. The van der Waals surface area contributed by atoms with Gasteiger partial charge in [0.25, 0.3) is 0 Å². The predicted molar refractivity (Wildman–Crippen MR) is 84.0 cm³/mol. The van der Waals surface area contributed by atoms with Crippen molar-refractivity contribution in [2.24, 2.45) is 11.8 Å². The van der Waals surface area contributed by atoms with Crippen LogP contribution in [0.25, 0.3) is 0 Å². The molecule has 0 bridgehead atoms. The first-order valence-corrected chi connectivity index (χ1v) is 8.90. The predicted octanol–water partition coefficient (Wildman–Crippen LogP) is 4.96. The summed E-state index contributed by atoms with van der Waals surface area (Å²) in [6.45, 7) is 5.29. The summed E-state index contributed by atoms with van der Waals surface area (Å²) in [4.78, 5) is 0. The van der Waals surface area contributed by atoms with Crippen LogP contribution in [0.5, 0.6) is 0 Å². The highest BCUT2D eigenvalue weighted by Gasteiger charge is 2.43. The third-order valence-corrected chi connectivity index (χ3v) is 5.88. The van der Waals surface area contributed by atoms with Crippen LogP contribution in [-0.2, 0) is 9.47 Å². The van der Waals surface area contributed by atoms with Gasteiger partial charge >= 0.3 is 0 Å². The fourth-order valence-electron chi connectivity index (χ4n) is 4.63. The zero-order valence-corrected chi connectivity index (χ0v) is 13.8. The van der Waals surface area contributed by atoms with Crippen LogP contribution in [0.3, 0.4) is 0 Å². The Morgan fingerprint density at radius 1 is 0.950 bits per heavy atom. The molecule has 0 aromatic heterocycles. The van der Waals surface area contributed by atoms with Crippen LogP contribution in [-0.4, -0.2) is 25.4 Å². The summed E-state index contributed by atoms with van der Waals surface area (Å²) in [6, 6.07) is 0. The molecule has 0 N–H and O–H groups in total. The van der Waals surface area contributed by atoms with E-state index >= 15 is 0 Å². The van der Waals surface area contributed by atoms with E-state index in [1.54, 1.807) is 0 Å². The molecule has 2 heteroatoms. The van der Waals surface area contributed by atoms with Gasteiger partial charge < -0.3 is 9.47 Å². The van der Waals surface area contributed by atoms with Gasteiger partial charge in [-0.25, -0.2) is 0 Å². The van der Waals surface area contributed by atoms with E-state index in [1.165, 1.54) is 64.2 Å². The van der Waals surface area contributed by atoms with Gasteiger partial charge in [0.2, 0.25) is 0 Å². The summed E-state index contributed by atoms with van der Waals surface area (Å²) in [6.07, 6.45) is 13.7. The largest absolute Gasteiger partial charge is 0.379 e. The molecule has 0 atom stereocenters. The minimum atomic E-state index is 0.196. The molecule has 0 saturated heterocycles. The van der Waals surface area contributed by atoms with E-state index in [-0.39, 0.29) is 5.60 Å². The SMILES string of the molecule is CCCC1CCC(OC)(C2CCC(OCC)CC2)CC1. The third-order valence-electron chi connectivity index (χ3n) is 5.88. The van der Waals surface area contributed by atoms with Crippen LogP contribution in [0.15, 0.2) is 0 Å². The van der Waals surface area contributed by atoms with Gasteiger partial charge in [-0.3, -0.25) is 0 Å². The Labute approximate surface area is 125 Å². The average molecular weight is 282 g/mol. The minimum Gasteiger partial charge on any atom is -0.379 e. The molecule has 2 aliphatic carbocycles. The lowest BCUT2D eigenvalue weighted by atomic mass is 9.66. The maximum absolute atomic E-state index is 6.10. The van der Waals surface area contributed by atoms with Gasteiger partial charge in [-0.2, -0.15) is 0 Å². The molecule has 0 aromatic rings. The second-order valence-corrected chi connectivity index (χ2v) is 6.93. The molecule has 0 radical (unpaired) electrons. The highest BCUT2D eigenvalue weighted by molar-refractivity contribution is 4.94. The van der Waals surface area contributed by atoms with E-state index < -0.39 is 0 Å². The molecule has 2 aliphatic rings. The maximum Gasteiger partial charge on any atom is 0.0707 e. The molecule has 2 rings (SSSR count). The first-order chi connectivity index (χ1) is 9.74. The fraction of sp³-hybridized carbons (Fsp3) is 1.00. The average Bonchev–Trinajstić information content (AvgIpc) is 2.50. The van der Waals surface area contributed by atoms with Gasteiger partial charge in [0, 0.05) is 13.7 Å². The Morgan fingerprint density at radius 2 is 1.60 bits per heavy atom. The molecule has 0 aromatic carbocycles. The monoisotopic (exact) mass is 282 g/mol. The van der Waals surface area contributed by atoms with Crippen molar-refractivity contribution in [3.63, 3.8) is 0 Å². The van der Waals surface area contributed by atoms with Gasteiger partial charge in [-0.1, -0.05) is 19.8 Å². The summed E-state index contributed by atoms with van der Waals surface area (Å²) in [5.74, 6) is 1.73. The minimum absolute atomic E-state index is 0.196. The summed E-state index contributed by atoms with van der Waals surface area (Å²) < 4.78 is 11.9. The van der Waals surface area contributed by atoms with Gasteiger partial charge in [0.05, 0.1) is 11.7 Å². The first kappa shape index (κ1) is 16.3. The van der Waals surface area contributed by atoms with Gasteiger partial charge in [0.1, 0.15) is 0 Å². The Hall–Kier alpha value is -0.0800. The van der Waals surface area contributed by atoms with E-state index in [0.717, 1.165) is 18.4 Å². The van der Waals surface area contributed by atoms with Crippen molar-refractivity contribution in [2.75, 3.05) is 13.7 Å². The summed E-state index contributed by atoms with van der Waals surface area (Å²) in [5.41, 5.74) is 0.196. The van der Waals surface area contributed by atoms with E-state index in [0.29, 0.717) is 6.10 Å². The smallest absolute Gasteiger partial charge is 0.0707 e. The second-order valence-electron chi connectivity index (χ2n) is 6.93. The van der Waals surface area contributed by atoms with Gasteiger partial charge in [-0.15, -0.1) is 0 Å².